The van der Waals surface area contributed by atoms with Gasteiger partial charge in [0.15, 0.2) is 0 Å². The first-order valence-corrected chi connectivity index (χ1v) is 7.53. The Bertz CT molecular complexity index is 536. The van der Waals surface area contributed by atoms with Crippen LogP contribution in [0.2, 0.25) is 5.28 Å². The molecule has 1 unspecified atom stereocenters. The molecule has 0 aliphatic carbocycles. The topological polar surface area (TPSA) is 75.4 Å². The first-order chi connectivity index (χ1) is 9.97. The molecule has 0 aromatic carbocycles. The summed E-state index contributed by atoms with van der Waals surface area (Å²) in [5.41, 5.74) is 0.265. The molecule has 0 spiro atoms. The van der Waals surface area contributed by atoms with E-state index in [0.717, 1.165) is 32.6 Å². The van der Waals surface area contributed by atoms with Crippen molar-refractivity contribution in [2.75, 3.05) is 31.1 Å². The van der Waals surface area contributed by atoms with Crippen LogP contribution in [0.3, 0.4) is 0 Å². The van der Waals surface area contributed by atoms with Gasteiger partial charge < -0.3 is 4.90 Å². The van der Waals surface area contributed by atoms with Crippen molar-refractivity contribution in [3.8, 4) is 0 Å². The first kappa shape index (κ1) is 15.9. The predicted octanol–water partition coefficient (Wildman–Crippen LogP) is 2.27. The molecule has 0 saturated carbocycles. The van der Waals surface area contributed by atoms with Crippen LogP contribution in [0.4, 0.5) is 11.5 Å². The van der Waals surface area contributed by atoms with E-state index in [9.17, 15) is 10.1 Å². The summed E-state index contributed by atoms with van der Waals surface area (Å²) in [7, 11) is 0. The highest BCUT2D eigenvalue weighted by Gasteiger charge is 2.33. The Hall–Kier alpha value is -1.47. The van der Waals surface area contributed by atoms with Crippen molar-refractivity contribution in [3.63, 3.8) is 0 Å². The summed E-state index contributed by atoms with van der Waals surface area (Å²) in [6.45, 7) is 9.26. The Kier molecular flexibility index (Phi) is 4.95. The molecule has 0 amide bonds. The van der Waals surface area contributed by atoms with Gasteiger partial charge in [-0.1, -0.05) is 13.8 Å². The Labute approximate surface area is 129 Å². The monoisotopic (exact) mass is 313 g/mol. The summed E-state index contributed by atoms with van der Waals surface area (Å²) >= 11 is 5.88. The van der Waals surface area contributed by atoms with E-state index in [1.807, 2.05) is 4.90 Å². The van der Waals surface area contributed by atoms with Gasteiger partial charge in [0.2, 0.25) is 11.1 Å². The molecule has 2 rings (SSSR count). The van der Waals surface area contributed by atoms with E-state index in [1.165, 1.54) is 0 Å². The van der Waals surface area contributed by atoms with Crippen LogP contribution < -0.4 is 4.90 Å². The Morgan fingerprint density at radius 3 is 2.67 bits per heavy atom. The minimum atomic E-state index is -0.425. The number of nitro groups is 1. The van der Waals surface area contributed by atoms with Gasteiger partial charge in [0, 0.05) is 19.1 Å². The summed E-state index contributed by atoms with van der Waals surface area (Å²) in [6, 6.07) is 0.397. The molecule has 0 bridgehead atoms. The molecule has 21 heavy (non-hydrogen) atoms. The second-order valence-electron chi connectivity index (χ2n) is 5.12. The van der Waals surface area contributed by atoms with Crippen molar-refractivity contribution < 1.29 is 4.92 Å². The zero-order valence-corrected chi connectivity index (χ0v) is 13.3. The summed E-state index contributed by atoms with van der Waals surface area (Å²) in [6.07, 6.45) is 0.972. The molecule has 7 nitrogen and oxygen atoms in total. The van der Waals surface area contributed by atoms with E-state index in [1.54, 1.807) is 6.92 Å². The number of rotatable bonds is 5. The highest BCUT2D eigenvalue weighted by molar-refractivity contribution is 6.28. The standard InChI is InChI=1S/C13H20ClN5O2/c1-4-17(5-2)10-6-7-18(8-10)12-11(19(20)21)9(3)15-13(14)16-12/h10H,4-8H2,1-3H3. The molecule has 1 atom stereocenters. The van der Waals surface area contributed by atoms with Gasteiger partial charge in [-0.2, -0.15) is 4.98 Å². The first-order valence-electron chi connectivity index (χ1n) is 7.15. The average molecular weight is 314 g/mol. The van der Waals surface area contributed by atoms with Gasteiger partial charge in [-0.25, -0.2) is 4.98 Å². The van der Waals surface area contributed by atoms with Crippen LogP contribution in [0.5, 0.6) is 0 Å². The highest BCUT2D eigenvalue weighted by Crippen LogP contribution is 2.32. The third-order valence-corrected chi connectivity index (χ3v) is 4.16. The fourth-order valence-electron chi connectivity index (χ4n) is 2.92. The molecule has 1 saturated heterocycles. The van der Waals surface area contributed by atoms with Crippen molar-refractivity contribution in [2.45, 2.75) is 33.2 Å². The Morgan fingerprint density at radius 2 is 2.10 bits per heavy atom. The van der Waals surface area contributed by atoms with E-state index >= 15 is 0 Å². The molecule has 0 N–H and O–H groups in total. The minimum absolute atomic E-state index is 0.0420. The average Bonchev–Trinajstić information content (AvgIpc) is 2.88. The van der Waals surface area contributed by atoms with Gasteiger partial charge in [0.25, 0.3) is 0 Å². The molecule has 1 aliphatic heterocycles. The summed E-state index contributed by atoms with van der Waals surface area (Å²) in [4.78, 5) is 23.2. The van der Waals surface area contributed by atoms with Crippen molar-refractivity contribution >= 4 is 23.1 Å². The molecular formula is C13H20ClN5O2. The third kappa shape index (κ3) is 3.24. The van der Waals surface area contributed by atoms with Gasteiger partial charge in [0.05, 0.1) is 4.92 Å². The van der Waals surface area contributed by atoms with Crippen molar-refractivity contribution in [1.29, 1.82) is 0 Å². The molecule has 2 heterocycles. The summed E-state index contributed by atoms with van der Waals surface area (Å²) in [5, 5.41) is 11.3. The number of nitrogens with zero attached hydrogens (tertiary/aromatic N) is 5. The largest absolute Gasteiger partial charge is 0.349 e. The molecule has 116 valence electrons. The minimum Gasteiger partial charge on any atom is -0.349 e. The van der Waals surface area contributed by atoms with E-state index in [-0.39, 0.29) is 11.0 Å². The number of anilines is 1. The number of hydrogen-bond donors (Lipinski definition) is 0. The molecule has 1 aromatic heterocycles. The number of halogens is 1. The van der Waals surface area contributed by atoms with E-state index in [2.05, 4.69) is 28.7 Å². The molecule has 1 aliphatic rings. The van der Waals surface area contributed by atoms with Crippen LogP contribution in [0.15, 0.2) is 0 Å². The van der Waals surface area contributed by atoms with Crippen LogP contribution in [0.1, 0.15) is 26.0 Å². The molecule has 0 radical (unpaired) electrons. The highest BCUT2D eigenvalue weighted by atomic mass is 35.5. The molecule has 1 aromatic rings. The second-order valence-corrected chi connectivity index (χ2v) is 5.46. The van der Waals surface area contributed by atoms with Crippen LogP contribution >= 0.6 is 11.6 Å². The Morgan fingerprint density at radius 1 is 1.43 bits per heavy atom. The van der Waals surface area contributed by atoms with Gasteiger partial charge in [-0.3, -0.25) is 15.0 Å². The molecule has 1 fully saturated rings. The zero-order chi connectivity index (χ0) is 15.6. The van der Waals surface area contributed by atoms with Crippen LogP contribution in [-0.4, -0.2) is 52.0 Å². The van der Waals surface area contributed by atoms with Crippen LogP contribution in [-0.2, 0) is 0 Å². The lowest BCUT2D eigenvalue weighted by Crippen LogP contribution is -2.37. The van der Waals surface area contributed by atoms with Crippen molar-refractivity contribution in [3.05, 3.63) is 21.1 Å². The lowest BCUT2D eigenvalue weighted by atomic mass is 10.2. The van der Waals surface area contributed by atoms with Crippen molar-refractivity contribution in [2.24, 2.45) is 0 Å². The maximum absolute atomic E-state index is 11.3. The second kappa shape index (κ2) is 6.53. The SMILES string of the molecule is CCN(CC)C1CCN(c2nc(Cl)nc(C)c2[N+](=O)[O-])C1. The van der Waals surface area contributed by atoms with E-state index in [4.69, 9.17) is 11.6 Å². The third-order valence-electron chi connectivity index (χ3n) is 3.99. The van der Waals surface area contributed by atoms with Gasteiger partial charge >= 0.3 is 5.69 Å². The fourth-order valence-corrected chi connectivity index (χ4v) is 3.13. The summed E-state index contributed by atoms with van der Waals surface area (Å²) in [5.74, 6) is 0.340. The van der Waals surface area contributed by atoms with Gasteiger partial charge in [-0.05, 0) is 38.0 Å². The zero-order valence-electron chi connectivity index (χ0n) is 12.5. The van der Waals surface area contributed by atoms with Gasteiger partial charge in [-0.15, -0.1) is 0 Å². The van der Waals surface area contributed by atoms with E-state index < -0.39 is 4.92 Å². The number of likely N-dealkylation sites (N-methyl/N-ethyl adjacent to an activating group) is 1. The quantitative estimate of drug-likeness (QED) is 0.471. The fraction of sp³-hybridized carbons (Fsp3) is 0.692. The lowest BCUT2D eigenvalue weighted by Gasteiger charge is -2.26. The van der Waals surface area contributed by atoms with Crippen LogP contribution in [0, 0.1) is 17.0 Å². The summed E-state index contributed by atoms with van der Waals surface area (Å²) < 4.78 is 0. The predicted molar refractivity (Wildman–Crippen MR) is 82.0 cm³/mol. The lowest BCUT2D eigenvalue weighted by molar-refractivity contribution is -0.385. The number of hydrogen-bond acceptors (Lipinski definition) is 6. The Balaban J connectivity index is 2.29. The number of aryl methyl sites for hydroxylation is 1. The maximum atomic E-state index is 11.3. The molecule has 8 heteroatoms. The normalized spacial score (nSPS) is 18.5. The molecular weight excluding hydrogens is 294 g/mol. The smallest absolute Gasteiger partial charge is 0.332 e. The van der Waals surface area contributed by atoms with Crippen molar-refractivity contribution in [1.82, 2.24) is 14.9 Å². The van der Waals surface area contributed by atoms with Crippen LogP contribution in [0.25, 0.3) is 0 Å². The number of aromatic nitrogens is 2. The maximum Gasteiger partial charge on any atom is 0.332 e. The van der Waals surface area contributed by atoms with E-state index in [0.29, 0.717) is 17.6 Å². The van der Waals surface area contributed by atoms with Gasteiger partial charge in [0.1, 0.15) is 5.69 Å².